The van der Waals surface area contributed by atoms with Crippen molar-refractivity contribution in [3.05, 3.63) is 14.4 Å². The second kappa shape index (κ2) is 24.2. The van der Waals surface area contributed by atoms with Gasteiger partial charge >= 0.3 is 17.1 Å². The average molecular weight is 114 g/mol. The van der Waals surface area contributed by atoms with E-state index in [-0.39, 0.29) is 24.5 Å². The predicted molar refractivity (Wildman–Crippen MR) is 22.1 cm³/mol. The van der Waals surface area contributed by atoms with Crippen molar-refractivity contribution < 1.29 is 17.1 Å². The van der Waals surface area contributed by atoms with Crippen molar-refractivity contribution in [2.75, 3.05) is 0 Å². The van der Waals surface area contributed by atoms with E-state index in [1.807, 2.05) is 6.92 Å². The van der Waals surface area contributed by atoms with Crippen LogP contribution < -0.4 is 0 Å². The Morgan fingerprint density at radius 2 is 1.60 bits per heavy atom. The number of rotatable bonds is 0. The zero-order chi connectivity index (χ0) is 2.71. The van der Waals surface area contributed by atoms with Gasteiger partial charge in [-0.2, -0.15) is 6.42 Å². The maximum atomic E-state index is 3.49. The molecule has 0 atom stereocenters. The second-order valence-electron chi connectivity index (χ2n) is 0.500. The molecule has 0 aliphatic rings. The van der Waals surface area contributed by atoms with Crippen LogP contribution in [0.2, 0.25) is 0 Å². The van der Waals surface area contributed by atoms with E-state index >= 15 is 0 Å². The minimum Gasteiger partial charge on any atom is -0.358 e. The molecule has 0 N–H and O–H groups in total. The molecule has 0 spiro atoms. The molecule has 0 bridgehead atoms. The number of hydrogen-bond donors (Lipinski definition) is 0. The molecular formula is C4H10Fe. The van der Waals surface area contributed by atoms with Gasteiger partial charge in [0, 0.05) is 0 Å². The topological polar surface area (TPSA) is 0 Å². The summed E-state index contributed by atoms with van der Waals surface area (Å²) in [5.74, 6) is 0. The van der Waals surface area contributed by atoms with Crippen molar-refractivity contribution in [3.8, 4) is 0 Å². The fourth-order valence-corrected chi connectivity index (χ4v) is 0. The second-order valence-corrected chi connectivity index (χ2v) is 0.500. The van der Waals surface area contributed by atoms with Crippen LogP contribution in [0, 0.1) is 14.4 Å². The summed E-state index contributed by atoms with van der Waals surface area (Å²) in [6.07, 6.45) is 1.00. The Labute approximate surface area is 45.4 Å². The summed E-state index contributed by atoms with van der Waals surface area (Å²) in [5, 5.41) is 0. The largest absolute Gasteiger partial charge is 2.00 e. The van der Waals surface area contributed by atoms with Crippen LogP contribution in [0.15, 0.2) is 0 Å². The molecule has 0 radical (unpaired) electrons. The van der Waals surface area contributed by atoms with E-state index in [1.165, 1.54) is 0 Å². The maximum absolute atomic E-state index is 3.49. The molecule has 34 valence electrons. The third-order valence-corrected chi connectivity index (χ3v) is 0. The standard InChI is InChI=1S/C3H7.CH3.Fe/c1-3-2;;/h1,3H2,2H3;1H3;/q2*-1;+2. The Morgan fingerprint density at radius 1 is 1.60 bits per heavy atom. The Bertz CT molecular complexity index is 3.61. The van der Waals surface area contributed by atoms with E-state index in [0.29, 0.717) is 0 Å². The Hall–Kier alpha value is 0.519. The van der Waals surface area contributed by atoms with Crippen LogP contribution in [0.5, 0.6) is 0 Å². The molecular weight excluding hydrogens is 104 g/mol. The zero-order valence-electron chi connectivity index (χ0n) is 3.77. The average Bonchev–Trinajstić information content (AvgIpc) is 0.918. The molecule has 0 aromatic heterocycles. The van der Waals surface area contributed by atoms with Crippen LogP contribution in [-0.2, 0) is 17.1 Å². The third kappa shape index (κ3) is 106. The first kappa shape index (κ1) is 17.8. The molecule has 0 saturated carbocycles. The molecule has 0 aliphatic heterocycles. The van der Waals surface area contributed by atoms with Gasteiger partial charge in [0.25, 0.3) is 0 Å². The van der Waals surface area contributed by atoms with Crippen LogP contribution in [0.4, 0.5) is 0 Å². The van der Waals surface area contributed by atoms with Crippen molar-refractivity contribution in [1.29, 1.82) is 0 Å². The van der Waals surface area contributed by atoms with Crippen LogP contribution in [-0.4, -0.2) is 0 Å². The molecule has 0 unspecified atom stereocenters. The molecule has 0 rings (SSSR count). The normalized spacial score (nSPS) is 3.60. The molecule has 0 fully saturated rings. The van der Waals surface area contributed by atoms with E-state index in [2.05, 4.69) is 6.92 Å². The van der Waals surface area contributed by atoms with Crippen molar-refractivity contribution in [3.63, 3.8) is 0 Å². The first-order valence-corrected chi connectivity index (χ1v) is 1.21. The van der Waals surface area contributed by atoms with Crippen molar-refractivity contribution in [1.82, 2.24) is 0 Å². The minimum absolute atomic E-state index is 0. The smallest absolute Gasteiger partial charge is 0.358 e. The van der Waals surface area contributed by atoms with Crippen molar-refractivity contribution in [2.45, 2.75) is 13.3 Å². The molecule has 1 heteroatoms. The Morgan fingerprint density at radius 3 is 1.60 bits per heavy atom. The van der Waals surface area contributed by atoms with Gasteiger partial charge in [0.2, 0.25) is 0 Å². The fourth-order valence-electron chi connectivity index (χ4n) is 0. The van der Waals surface area contributed by atoms with Gasteiger partial charge in [-0.25, -0.2) is 0 Å². The maximum Gasteiger partial charge on any atom is 2.00 e. The number of hydrogen-bond acceptors (Lipinski definition) is 0. The van der Waals surface area contributed by atoms with Crippen LogP contribution in [0.25, 0.3) is 0 Å². The molecule has 0 heterocycles. The Balaban J connectivity index is -0.0000000200. The van der Waals surface area contributed by atoms with Gasteiger partial charge in [-0.3, -0.25) is 0 Å². The van der Waals surface area contributed by atoms with Crippen molar-refractivity contribution >= 4 is 0 Å². The van der Waals surface area contributed by atoms with Gasteiger partial charge in [-0.05, 0) is 0 Å². The first-order chi connectivity index (χ1) is 1.41. The summed E-state index contributed by atoms with van der Waals surface area (Å²) in [4.78, 5) is 0. The van der Waals surface area contributed by atoms with E-state index in [1.54, 1.807) is 0 Å². The minimum atomic E-state index is 0. The summed E-state index contributed by atoms with van der Waals surface area (Å²) in [7, 11) is 0. The Kier molecular flexibility index (Phi) is 86.1. The molecule has 0 saturated heterocycles. The van der Waals surface area contributed by atoms with Gasteiger partial charge in [-0.1, -0.05) is 6.92 Å². The molecule has 5 heavy (non-hydrogen) atoms. The third-order valence-electron chi connectivity index (χ3n) is 0. The van der Waals surface area contributed by atoms with Gasteiger partial charge < -0.3 is 14.4 Å². The van der Waals surface area contributed by atoms with E-state index in [4.69, 9.17) is 0 Å². The summed E-state index contributed by atoms with van der Waals surface area (Å²) in [6.45, 7) is 5.50. The molecule has 0 aromatic carbocycles. The van der Waals surface area contributed by atoms with Gasteiger partial charge in [0.05, 0.1) is 0 Å². The molecule has 0 aromatic rings. The van der Waals surface area contributed by atoms with Gasteiger partial charge in [0.15, 0.2) is 0 Å². The van der Waals surface area contributed by atoms with Crippen molar-refractivity contribution in [2.24, 2.45) is 0 Å². The predicted octanol–water partition coefficient (Wildman–Crippen LogP) is 1.68. The van der Waals surface area contributed by atoms with Crippen LogP contribution >= 0.6 is 0 Å². The summed E-state index contributed by atoms with van der Waals surface area (Å²) < 4.78 is 0. The zero-order valence-corrected chi connectivity index (χ0v) is 4.87. The monoisotopic (exact) mass is 114 g/mol. The molecule has 0 amide bonds. The van der Waals surface area contributed by atoms with E-state index in [0.717, 1.165) is 6.42 Å². The summed E-state index contributed by atoms with van der Waals surface area (Å²) >= 11 is 0. The van der Waals surface area contributed by atoms with Crippen LogP contribution in [0.3, 0.4) is 0 Å². The molecule has 0 aliphatic carbocycles. The van der Waals surface area contributed by atoms with Crippen LogP contribution in [0.1, 0.15) is 13.3 Å². The first-order valence-electron chi connectivity index (χ1n) is 1.21. The van der Waals surface area contributed by atoms with Gasteiger partial charge in [-0.15, -0.1) is 0 Å². The van der Waals surface area contributed by atoms with E-state index in [9.17, 15) is 0 Å². The quantitative estimate of drug-likeness (QED) is 0.332. The SMILES string of the molecule is [CH2-]CC.[CH3-].[Fe+2]. The summed E-state index contributed by atoms with van der Waals surface area (Å²) in [5.41, 5.74) is 0. The molecule has 0 nitrogen and oxygen atoms in total. The fraction of sp³-hybridized carbons (Fsp3) is 0.500. The van der Waals surface area contributed by atoms with Gasteiger partial charge in [0.1, 0.15) is 0 Å². The summed E-state index contributed by atoms with van der Waals surface area (Å²) in [6, 6.07) is 0. The van der Waals surface area contributed by atoms with E-state index < -0.39 is 0 Å².